The highest BCUT2D eigenvalue weighted by Crippen LogP contribution is 2.12. The third kappa shape index (κ3) is 2.08. The lowest BCUT2D eigenvalue weighted by Gasteiger charge is -1.95. The first-order valence-corrected chi connectivity index (χ1v) is 5.09. The zero-order valence-corrected chi connectivity index (χ0v) is 8.54. The molecule has 2 rings (SSSR count). The van der Waals surface area contributed by atoms with Crippen molar-refractivity contribution < 1.29 is 4.42 Å². The molecule has 0 aliphatic rings. The Morgan fingerprint density at radius 1 is 1.57 bits per heavy atom. The van der Waals surface area contributed by atoms with Gasteiger partial charge in [-0.15, -0.1) is 0 Å². The molecule has 5 nitrogen and oxygen atoms in total. The smallest absolute Gasteiger partial charge is 0.202 e. The average molecular weight is 210 g/mol. The number of rotatable bonds is 4. The third-order valence-electron chi connectivity index (χ3n) is 1.69. The summed E-state index contributed by atoms with van der Waals surface area (Å²) in [6.45, 7) is 2.65. The van der Waals surface area contributed by atoms with Crippen molar-refractivity contribution in [3.63, 3.8) is 0 Å². The maximum atomic E-state index is 4.85. The number of nitrogens with zero attached hydrogens (tertiary/aromatic N) is 3. The zero-order valence-electron chi connectivity index (χ0n) is 7.73. The number of aryl methyl sites for hydroxylation is 1. The molecule has 2 aromatic rings. The van der Waals surface area contributed by atoms with Gasteiger partial charge in [-0.3, -0.25) is 0 Å². The topological polar surface area (TPSA) is 63.8 Å². The number of nitrogens with one attached hydrogen (secondary N) is 1. The Hall–Kier alpha value is -1.43. The van der Waals surface area contributed by atoms with Gasteiger partial charge in [0.05, 0.1) is 12.2 Å². The highest BCUT2D eigenvalue weighted by atomic mass is 32.1. The summed E-state index contributed by atoms with van der Waals surface area (Å²) in [5.41, 5.74) is 0.859. The van der Waals surface area contributed by atoms with Gasteiger partial charge in [-0.2, -0.15) is 4.37 Å². The Morgan fingerprint density at radius 2 is 2.50 bits per heavy atom. The van der Waals surface area contributed by atoms with E-state index in [1.165, 1.54) is 17.9 Å². The molecule has 74 valence electrons. The van der Waals surface area contributed by atoms with Gasteiger partial charge in [0, 0.05) is 18.0 Å². The summed E-state index contributed by atoms with van der Waals surface area (Å²) < 4.78 is 9.00. The molecule has 0 unspecified atom stereocenters. The molecule has 0 saturated carbocycles. The maximum Gasteiger partial charge on any atom is 0.202 e. The normalized spacial score (nSPS) is 10.4. The second-order valence-corrected chi connectivity index (χ2v) is 3.45. The third-order valence-corrected chi connectivity index (χ3v) is 2.40. The lowest BCUT2D eigenvalue weighted by atomic mass is 10.5. The second-order valence-electron chi connectivity index (χ2n) is 2.70. The molecular weight excluding hydrogens is 200 g/mol. The maximum absolute atomic E-state index is 4.85. The van der Waals surface area contributed by atoms with Crippen LogP contribution < -0.4 is 5.32 Å². The van der Waals surface area contributed by atoms with Gasteiger partial charge in [0.15, 0.2) is 6.39 Å². The number of hydrogen-bond acceptors (Lipinski definition) is 6. The van der Waals surface area contributed by atoms with Gasteiger partial charge in [-0.25, -0.2) is 9.97 Å². The van der Waals surface area contributed by atoms with Gasteiger partial charge in [0.25, 0.3) is 0 Å². The van der Waals surface area contributed by atoms with E-state index in [1.807, 2.05) is 6.92 Å². The average Bonchev–Trinajstić information content (AvgIpc) is 2.86. The van der Waals surface area contributed by atoms with Crippen molar-refractivity contribution in [2.24, 2.45) is 0 Å². The van der Waals surface area contributed by atoms with Crippen LogP contribution in [0.2, 0.25) is 0 Å². The molecule has 6 heteroatoms. The molecule has 0 saturated heterocycles. The highest BCUT2D eigenvalue weighted by Gasteiger charge is 2.02. The Labute approximate surface area is 85.4 Å². The van der Waals surface area contributed by atoms with Crippen LogP contribution >= 0.6 is 11.5 Å². The van der Waals surface area contributed by atoms with Crippen molar-refractivity contribution >= 4 is 16.7 Å². The Balaban J connectivity index is 1.92. The molecule has 2 heterocycles. The summed E-state index contributed by atoms with van der Waals surface area (Å²) in [7, 11) is 0. The zero-order chi connectivity index (χ0) is 9.80. The lowest BCUT2D eigenvalue weighted by Crippen LogP contribution is -1.99. The van der Waals surface area contributed by atoms with Crippen molar-refractivity contribution in [2.45, 2.75) is 19.9 Å². The molecule has 0 amide bonds. The molecule has 14 heavy (non-hydrogen) atoms. The Morgan fingerprint density at radius 3 is 3.14 bits per heavy atom. The molecule has 1 N–H and O–H groups in total. The minimum Gasteiger partial charge on any atom is -0.451 e. The van der Waals surface area contributed by atoms with Gasteiger partial charge < -0.3 is 9.73 Å². The molecule has 2 aromatic heterocycles. The quantitative estimate of drug-likeness (QED) is 0.832. The molecule has 0 aliphatic heterocycles. The van der Waals surface area contributed by atoms with Crippen molar-refractivity contribution in [2.75, 3.05) is 5.32 Å². The van der Waals surface area contributed by atoms with Crippen LogP contribution in [0.4, 0.5) is 5.13 Å². The number of anilines is 1. The number of oxazole rings is 1. The minimum absolute atomic E-state index is 0.620. The van der Waals surface area contributed by atoms with Gasteiger partial charge in [0.2, 0.25) is 5.13 Å². The first kappa shape index (κ1) is 9.14. The first-order chi connectivity index (χ1) is 6.88. The minimum atomic E-state index is 0.620. The summed E-state index contributed by atoms with van der Waals surface area (Å²) >= 11 is 1.37. The van der Waals surface area contributed by atoms with Crippen molar-refractivity contribution in [1.29, 1.82) is 0 Å². The standard InChI is InChI=1S/C8H10N4OS/c1-2-7-11-8(14-12-7)9-3-6-4-13-5-10-6/h4-5H,2-3H2,1H3,(H,9,11,12). The van der Waals surface area contributed by atoms with E-state index in [0.717, 1.165) is 23.1 Å². The molecule has 0 bridgehead atoms. The van der Waals surface area contributed by atoms with Crippen LogP contribution in [0.5, 0.6) is 0 Å². The van der Waals surface area contributed by atoms with E-state index in [4.69, 9.17) is 4.42 Å². The van der Waals surface area contributed by atoms with Crippen molar-refractivity contribution in [1.82, 2.24) is 14.3 Å². The van der Waals surface area contributed by atoms with E-state index in [1.54, 1.807) is 6.26 Å². The van der Waals surface area contributed by atoms with Crippen LogP contribution in [0.25, 0.3) is 0 Å². The van der Waals surface area contributed by atoms with Gasteiger partial charge >= 0.3 is 0 Å². The Kier molecular flexibility index (Phi) is 2.73. The molecular formula is C8H10N4OS. The fourth-order valence-corrected chi connectivity index (χ4v) is 1.61. The molecule has 0 atom stereocenters. The van der Waals surface area contributed by atoms with Crippen LogP contribution in [-0.2, 0) is 13.0 Å². The van der Waals surface area contributed by atoms with Crippen LogP contribution in [0.15, 0.2) is 17.1 Å². The fraction of sp³-hybridized carbons (Fsp3) is 0.375. The SMILES string of the molecule is CCc1nsc(NCc2cocn2)n1. The lowest BCUT2D eigenvalue weighted by molar-refractivity contribution is 0.556. The van der Waals surface area contributed by atoms with Crippen LogP contribution in [-0.4, -0.2) is 14.3 Å². The highest BCUT2D eigenvalue weighted by molar-refractivity contribution is 7.09. The van der Waals surface area contributed by atoms with E-state index >= 15 is 0 Å². The van der Waals surface area contributed by atoms with Crippen LogP contribution in [0, 0.1) is 0 Å². The molecule has 0 fully saturated rings. The fourth-order valence-electron chi connectivity index (χ4n) is 0.960. The summed E-state index contributed by atoms with van der Waals surface area (Å²) in [6.07, 6.45) is 3.88. The molecule has 0 radical (unpaired) electrons. The van der Waals surface area contributed by atoms with E-state index in [0.29, 0.717) is 6.54 Å². The monoisotopic (exact) mass is 210 g/mol. The Bertz CT molecular complexity index is 384. The van der Waals surface area contributed by atoms with Crippen molar-refractivity contribution in [3.8, 4) is 0 Å². The predicted molar refractivity (Wildman–Crippen MR) is 53.1 cm³/mol. The summed E-state index contributed by atoms with van der Waals surface area (Å²) in [6, 6.07) is 0. The molecule has 0 aromatic carbocycles. The van der Waals surface area contributed by atoms with E-state index in [9.17, 15) is 0 Å². The van der Waals surface area contributed by atoms with Crippen LogP contribution in [0.3, 0.4) is 0 Å². The van der Waals surface area contributed by atoms with Gasteiger partial charge in [-0.05, 0) is 0 Å². The number of hydrogen-bond donors (Lipinski definition) is 1. The van der Waals surface area contributed by atoms with Crippen LogP contribution in [0.1, 0.15) is 18.4 Å². The van der Waals surface area contributed by atoms with E-state index in [-0.39, 0.29) is 0 Å². The van der Waals surface area contributed by atoms with E-state index < -0.39 is 0 Å². The van der Waals surface area contributed by atoms with E-state index in [2.05, 4.69) is 19.7 Å². The summed E-state index contributed by atoms with van der Waals surface area (Å²) in [5.74, 6) is 0.873. The van der Waals surface area contributed by atoms with Gasteiger partial charge in [0.1, 0.15) is 12.1 Å². The van der Waals surface area contributed by atoms with Gasteiger partial charge in [-0.1, -0.05) is 6.92 Å². The second kappa shape index (κ2) is 4.19. The number of aromatic nitrogens is 3. The summed E-state index contributed by atoms with van der Waals surface area (Å²) in [5, 5.41) is 3.95. The predicted octanol–water partition coefficient (Wildman–Crippen LogP) is 1.70. The first-order valence-electron chi connectivity index (χ1n) is 4.32. The van der Waals surface area contributed by atoms with Crippen molar-refractivity contribution in [3.05, 3.63) is 24.2 Å². The molecule has 0 aliphatic carbocycles. The molecule has 0 spiro atoms. The largest absolute Gasteiger partial charge is 0.451 e. The summed E-state index contributed by atoms with van der Waals surface area (Å²) in [4.78, 5) is 8.25.